The molecule has 0 radical (unpaired) electrons. The number of hydrazone groups is 1. The minimum absolute atomic E-state index is 0.130. The first kappa shape index (κ1) is 16.7. The average Bonchev–Trinajstić information content (AvgIpc) is 2.60. The summed E-state index contributed by atoms with van der Waals surface area (Å²) >= 11 is 0. The second-order valence-electron chi connectivity index (χ2n) is 6.11. The Morgan fingerprint density at radius 2 is 1.88 bits per heavy atom. The summed E-state index contributed by atoms with van der Waals surface area (Å²) in [5, 5.41) is 16.0. The lowest BCUT2D eigenvalue weighted by molar-refractivity contribution is -0.120. The highest BCUT2D eigenvalue weighted by atomic mass is 16.3. The summed E-state index contributed by atoms with van der Waals surface area (Å²) in [6, 6.07) is 17.1. The number of carbonyl (C=O) groups is 1. The molecule has 0 bridgehead atoms. The van der Waals surface area contributed by atoms with Gasteiger partial charge in [0.25, 0.3) is 0 Å². The number of rotatable bonds is 4. The van der Waals surface area contributed by atoms with Crippen molar-refractivity contribution >= 4 is 22.9 Å². The van der Waals surface area contributed by atoms with Gasteiger partial charge in [-0.25, -0.2) is 5.43 Å². The van der Waals surface area contributed by atoms with E-state index in [0.717, 1.165) is 21.9 Å². The van der Waals surface area contributed by atoms with E-state index < -0.39 is 0 Å². The number of amides is 1. The zero-order chi connectivity index (χ0) is 17.8. The minimum Gasteiger partial charge on any atom is -0.507 e. The summed E-state index contributed by atoms with van der Waals surface area (Å²) in [6.07, 6.45) is 1.75. The zero-order valence-corrected chi connectivity index (χ0v) is 14.3. The number of nitrogens with zero attached hydrogens (tertiary/aromatic N) is 1. The molecule has 0 saturated heterocycles. The van der Waals surface area contributed by atoms with Gasteiger partial charge in [-0.3, -0.25) is 4.79 Å². The quantitative estimate of drug-likeness (QED) is 0.563. The molecule has 25 heavy (non-hydrogen) atoms. The smallest absolute Gasteiger partial charge is 0.244 e. The molecule has 0 aliphatic carbocycles. The first-order valence-corrected chi connectivity index (χ1v) is 8.13. The summed E-state index contributed by atoms with van der Waals surface area (Å²) in [6.45, 7) is 4.07. The van der Waals surface area contributed by atoms with Gasteiger partial charge in [0.15, 0.2) is 0 Å². The molecular formula is C21H20N2O2. The van der Waals surface area contributed by atoms with E-state index in [1.165, 1.54) is 11.8 Å². The fraction of sp³-hybridized carbons (Fsp3) is 0.143. The summed E-state index contributed by atoms with van der Waals surface area (Å²) in [4.78, 5) is 12.1. The van der Waals surface area contributed by atoms with Crippen LogP contribution in [0.3, 0.4) is 0 Å². The summed E-state index contributed by atoms with van der Waals surface area (Å²) < 4.78 is 0. The maximum atomic E-state index is 12.1. The predicted octanol–water partition coefficient (Wildman–Crippen LogP) is 3.86. The van der Waals surface area contributed by atoms with E-state index in [1.807, 2.05) is 62.4 Å². The van der Waals surface area contributed by atoms with E-state index in [0.29, 0.717) is 5.56 Å². The largest absolute Gasteiger partial charge is 0.507 e. The van der Waals surface area contributed by atoms with Gasteiger partial charge >= 0.3 is 0 Å². The van der Waals surface area contributed by atoms with Crippen LogP contribution in [0.5, 0.6) is 5.75 Å². The lowest BCUT2D eigenvalue weighted by atomic mass is 10.0. The predicted molar refractivity (Wildman–Crippen MR) is 101 cm³/mol. The van der Waals surface area contributed by atoms with Gasteiger partial charge in [0.2, 0.25) is 5.91 Å². The Morgan fingerprint density at radius 1 is 1.08 bits per heavy atom. The van der Waals surface area contributed by atoms with Gasteiger partial charge in [-0.2, -0.15) is 5.10 Å². The van der Waals surface area contributed by atoms with Crippen molar-refractivity contribution in [3.8, 4) is 5.75 Å². The van der Waals surface area contributed by atoms with Crippen molar-refractivity contribution in [2.45, 2.75) is 20.3 Å². The Balaban J connectivity index is 1.72. The molecule has 0 unspecified atom stereocenters. The standard InChI is InChI=1S/C21H20N2O2/c1-14-7-8-16(11-15(14)2)12-21(25)23-22-13-19-18-6-4-3-5-17(18)9-10-20(19)24/h3-11,13,24H,12H2,1-2H3,(H,23,25)/b22-13-. The van der Waals surface area contributed by atoms with Gasteiger partial charge in [0.05, 0.1) is 12.6 Å². The second-order valence-corrected chi connectivity index (χ2v) is 6.11. The van der Waals surface area contributed by atoms with Crippen LogP contribution in [-0.4, -0.2) is 17.2 Å². The van der Waals surface area contributed by atoms with Crippen LogP contribution in [-0.2, 0) is 11.2 Å². The Kier molecular flexibility index (Phi) is 4.80. The number of fused-ring (bicyclic) bond motifs is 1. The second kappa shape index (κ2) is 7.18. The monoisotopic (exact) mass is 332 g/mol. The summed E-state index contributed by atoms with van der Waals surface area (Å²) in [7, 11) is 0. The molecule has 3 rings (SSSR count). The van der Waals surface area contributed by atoms with E-state index in [-0.39, 0.29) is 18.1 Å². The number of aromatic hydroxyl groups is 1. The molecule has 4 heteroatoms. The van der Waals surface area contributed by atoms with Crippen LogP contribution in [0.1, 0.15) is 22.3 Å². The maximum absolute atomic E-state index is 12.1. The third kappa shape index (κ3) is 3.86. The number of phenols is 1. The highest BCUT2D eigenvalue weighted by Crippen LogP contribution is 2.25. The molecule has 0 spiro atoms. The van der Waals surface area contributed by atoms with Gasteiger partial charge < -0.3 is 5.11 Å². The molecule has 0 saturated carbocycles. The van der Waals surface area contributed by atoms with Gasteiger partial charge in [-0.15, -0.1) is 0 Å². The van der Waals surface area contributed by atoms with Crippen molar-refractivity contribution in [3.63, 3.8) is 0 Å². The van der Waals surface area contributed by atoms with Crippen molar-refractivity contribution in [1.29, 1.82) is 0 Å². The van der Waals surface area contributed by atoms with Crippen LogP contribution in [0, 0.1) is 13.8 Å². The molecule has 0 fully saturated rings. The highest BCUT2D eigenvalue weighted by molar-refractivity contribution is 6.02. The molecule has 3 aromatic rings. The molecule has 0 heterocycles. The van der Waals surface area contributed by atoms with Gasteiger partial charge in [-0.1, -0.05) is 48.5 Å². The van der Waals surface area contributed by atoms with E-state index in [1.54, 1.807) is 6.07 Å². The number of nitrogens with one attached hydrogen (secondary N) is 1. The number of hydrogen-bond donors (Lipinski definition) is 2. The molecule has 0 aromatic heterocycles. The number of benzene rings is 3. The topological polar surface area (TPSA) is 61.7 Å². The Morgan fingerprint density at radius 3 is 2.68 bits per heavy atom. The molecule has 0 atom stereocenters. The van der Waals surface area contributed by atoms with E-state index in [4.69, 9.17) is 0 Å². The molecule has 1 amide bonds. The molecule has 0 aliphatic heterocycles. The lowest BCUT2D eigenvalue weighted by Gasteiger charge is -2.06. The van der Waals surface area contributed by atoms with Crippen LogP contribution in [0.4, 0.5) is 0 Å². The number of carbonyl (C=O) groups excluding carboxylic acids is 1. The van der Waals surface area contributed by atoms with Crippen LogP contribution < -0.4 is 5.43 Å². The molecule has 126 valence electrons. The summed E-state index contributed by atoms with van der Waals surface area (Å²) in [5.74, 6) is -0.0647. The molecule has 4 nitrogen and oxygen atoms in total. The third-order valence-corrected chi connectivity index (χ3v) is 4.27. The average molecular weight is 332 g/mol. The maximum Gasteiger partial charge on any atom is 0.244 e. The van der Waals surface area contributed by atoms with Crippen molar-refractivity contribution in [2.24, 2.45) is 5.10 Å². The van der Waals surface area contributed by atoms with Crippen molar-refractivity contribution in [3.05, 3.63) is 76.9 Å². The molecule has 3 aromatic carbocycles. The van der Waals surface area contributed by atoms with Crippen LogP contribution >= 0.6 is 0 Å². The van der Waals surface area contributed by atoms with Crippen LogP contribution in [0.2, 0.25) is 0 Å². The van der Waals surface area contributed by atoms with Crippen LogP contribution in [0.25, 0.3) is 10.8 Å². The fourth-order valence-electron chi connectivity index (χ4n) is 2.73. The number of phenolic OH excluding ortho intramolecular Hbond substituents is 1. The first-order valence-electron chi connectivity index (χ1n) is 8.13. The molecule has 2 N–H and O–H groups in total. The van der Waals surface area contributed by atoms with Crippen molar-refractivity contribution in [2.75, 3.05) is 0 Å². The number of aryl methyl sites for hydroxylation is 2. The van der Waals surface area contributed by atoms with Crippen LogP contribution in [0.15, 0.2) is 59.7 Å². The minimum atomic E-state index is -0.195. The summed E-state index contributed by atoms with van der Waals surface area (Å²) in [5.41, 5.74) is 6.42. The third-order valence-electron chi connectivity index (χ3n) is 4.27. The SMILES string of the molecule is Cc1ccc(CC(=O)N/N=C\c2c(O)ccc3ccccc23)cc1C. The Hall–Kier alpha value is -3.14. The normalized spacial score (nSPS) is 11.1. The Bertz CT molecular complexity index is 961. The molecule has 0 aliphatic rings. The van der Waals surface area contributed by atoms with Crippen molar-refractivity contribution in [1.82, 2.24) is 5.43 Å². The van der Waals surface area contributed by atoms with E-state index in [9.17, 15) is 9.90 Å². The lowest BCUT2D eigenvalue weighted by Crippen LogP contribution is -2.19. The highest BCUT2D eigenvalue weighted by Gasteiger charge is 2.06. The molecular weight excluding hydrogens is 312 g/mol. The van der Waals surface area contributed by atoms with Gasteiger partial charge in [-0.05, 0) is 47.4 Å². The fourth-order valence-corrected chi connectivity index (χ4v) is 2.73. The van der Waals surface area contributed by atoms with E-state index in [2.05, 4.69) is 10.5 Å². The van der Waals surface area contributed by atoms with E-state index >= 15 is 0 Å². The zero-order valence-electron chi connectivity index (χ0n) is 14.3. The first-order chi connectivity index (χ1) is 12.0. The van der Waals surface area contributed by atoms with Gasteiger partial charge in [0, 0.05) is 5.56 Å². The number of hydrogen-bond acceptors (Lipinski definition) is 3. The van der Waals surface area contributed by atoms with Crippen molar-refractivity contribution < 1.29 is 9.90 Å². The Labute approximate surface area is 146 Å². The van der Waals surface area contributed by atoms with Gasteiger partial charge in [0.1, 0.15) is 5.75 Å².